The summed E-state index contributed by atoms with van der Waals surface area (Å²) in [5, 5.41) is 3.45. The second-order valence-corrected chi connectivity index (χ2v) is 6.13. The standard InChI is InChI=1S/C16H22N2O2/c1-11-3-2-4-14(9-11)20-10-16(15(17)19,12-5-6-12)18-13-7-8-13/h2-4,9,12-13,18H,5-8,10H2,1H3,(H2,17,19). The van der Waals surface area contributed by atoms with Crippen LogP contribution >= 0.6 is 0 Å². The normalized spacial score (nSPS) is 21.2. The molecule has 1 aromatic carbocycles. The molecule has 0 aromatic heterocycles. The first kappa shape index (κ1) is 13.4. The number of carbonyl (C=O) groups is 1. The highest BCUT2D eigenvalue weighted by Crippen LogP contribution is 2.41. The molecule has 1 unspecified atom stereocenters. The summed E-state index contributed by atoms with van der Waals surface area (Å²) in [4.78, 5) is 12.0. The molecule has 0 radical (unpaired) electrons. The topological polar surface area (TPSA) is 64.3 Å². The Hall–Kier alpha value is -1.55. The second kappa shape index (κ2) is 5.09. The molecule has 2 aliphatic carbocycles. The van der Waals surface area contributed by atoms with Gasteiger partial charge in [-0.15, -0.1) is 0 Å². The zero-order valence-electron chi connectivity index (χ0n) is 11.9. The SMILES string of the molecule is Cc1cccc(OCC(NC2CC2)(C(N)=O)C2CC2)c1. The minimum atomic E-state index is -0.690. The highest BCUT2D eigenvalue weighted by molar-refractivity contribution is 5.86. The van der Waals surface area contributed by atoms with Crippen LogP contribution in [0.4, 0.5) is 0 Å². The molecule has 0 aliphatic heterocycles. The summed E-state index contributed by atoms with van der Waals surface area (Å²) in [5.74, 6) is 0.846. The van der Waals surface area contributed by atoms with E-state index in [-0.39, 0.29) is 5.91 Å². The fourth-order valence-electron chi connectivity index (χ4n) is 2.69. The molecule has 1 amide bonds. The lowest BCUT2D eigenvalue weighted by Gasteiger charge is -2.32. The van der Waals surface area contributed by atoms with Crippen molar-refractivity contribution in [2.75, 3.05) is 6.61 Å². The molecule has 4 heteroatoms. The number of rotatable bonds is 7. The molecule has 3 rings (SSSR count). The Labute approximate surface area is 119 Å². The van der Waals surface area contributed by atoms with Gasteiger partial charge in [-0.25, -0.2) is 0 Å². The maximum atomic E-state index is 12.0. The molecular formula is C16H22N2O2. The van der Waals surface area contributed by atoms with Crippen molar-refractivity contribution < 1.29 is 9.53 Å². The Bertz CT molecular complexity index is 509. The molecule has 2 fully saturated rings. The molecule has 0 heterocycles. The predicted octanol–water partition coefficient (Wildman–Crippen LogP) is 1.76. The predicted molar refractivity (Wildman–Crippen MR) is 77.5 cm³/mol. The zero-order valence-corrected chi connectivity index (χ0v) is 11.9. The fraction of sp³-hybridized carbons (Fsp3) is 0.562. The third-order valence-electron chi connectivity index (χ3n) is 4.21. The van der Waals surface area contributed by atoms with Crippen LogP contribution in [0.25, 0.3) is 0 Å². The Balaban J connectivity index is 1.73. The highest BCUT2D eigenvalue weighted by atomic mass is 16.5. The van der Waals surface area contributed by atoms with Crippen LogP contribution in [0.2, 0.25) is 0 Å². The molecule has 2 saturated carbocycles. The summed E-state index contributed by atoms with van der Waals surface area (Å²) in [7, 11) is 0. The van der Waals surface area contributed by atoms with E-state index in [4.69, 9.17) is 10.5 Å². The van der Waals surface area contributed by atoms with Gasteiger partial charge in [0, 0.05) is 6.04 Å². The van der Waals surface area contributed by atoms with E-state index in [0.29, 0.717) is 18.6 Å². The van der Waals surface area contributed by atoms with Crippen LogP contribution < -0.4 is 15.8 Å². The summed E-state index contributed by atoms with van der Waals surface area (Å²) < 4.78 is 5.88. The van der Waals surface area contributed by atoms with E-state index in [1.807, 2.05) is 31.2 Å². The lowest BCUT2D eigenvalue weighted by Crippen LogP contribution is -2.61. The first-order chi connectivity index (χ1) is 9.60. The van der Waals surface area contributed by atoms with Gasteiger partial charge < -0.3 is 10.5 Å². The van der Waals surface area contributed by atoms with Crippen molar-refractivity contribution in [3.05, 3.63) is 29.8 Å². The van der Waals surface area contributed by atoms with Crippen molar-refractivity contribution in [1.82, 2.24) is 5.32 Å². The minimum absolute atomic E-state index is 0.278. The lowest BCUT2D eigenvalue weighted by molar-refractivity contribution is -0.126. The van der Waals surface area contributed by atoms with Crippen molar-refractivity contribution >= 4 is 5.91 Å². The lowest BCUT2D eigenvalue weighted by atomic mass is 9.93. The van der Waals surface area contributed by atoms with Gasteiger partial charge in [0.15, 0.2) is 0 Å². The summed E-state index contributed by atoms with van der Waals surface area (Å²) in [6.45, 7) is 2.35. The van der Waals surface area contributed by atoms with Gasteiger partial charge in [-0.3, -0.25) is 10.1 Å². The molecule has 20 heavy (non-hydrogen) atoms. The van der Waals surface area contributed by atoms with E-state index >= 15 is 0 Å². The van der Waals surface area contributed by atoms with Crippen LogP contribution in [0.1, 0.15) is 31.2 Å². The summed E-state index contributed by atoms with van der Waals surface area (Å²) >= 11 is 0. The number of carbonyl (C=O) groups excluding carboxylic acids is 1. The Morgan fingerprint density at radius 3 is 2.70 bits per heavy atom. The van der Waals surface area contributed by atoms with E-state index in [0.717, 1.165) is 37.0 Å². The largest absolute Gasteiger partial charge is 0.491 e. The highest BCUT2D eigenvalue weighted by Gasteiger charge is 2.52. The molecule has 0 saturated heterocycles. The monoisotopic (exact) mass is 274 g/mol. The molecule has 108 valence electrons. The van der Waals surface area contributed by atoms with Crippen molar-refractivity contribution in [2.45, 2.75) is 44.2 Å². The summed E-state index contributed by atoms with van der Waals surface area (Å²) in [6.07, 6.45) is 4.37. The van der Waals surface area contributed by atoms with Gasteiger partial charge in [0.05, 0.1) is 0 Å². The van der Waals surface area contributed by atoms with Crippen molar-refractivity contribution in [1.29, 1.82) is 0 Å². The van der Waals surface area contributed by atoms with Gasteiger partial charge in [0.1, 0.15) is 17.9 Å². The molecule has 0 bridgehead atoms. The fourth-order valence-corrected chi connectivity index (χ4v) is 2.69. The van der Waals surface area contributed by atoms with Crippen LogP contribution in [0.3, 0.4) is 0 Å². The van der Waals surface area contributed by atoms with Crippen LogP contribution in [0, 0.1) is 12.8 Å². The Kier molecular flexibility index (Phi) is 3.42. The molecule has 2 aliphatic rings. The van der Waals surface area contributed by atoms with Crippen molar-refractivity contribution in [2.24, 2.45) is 11.7 Å². The van der Waals surface area contributed by atoms with E-state index in [9.17, 15) is 4.79 Å². The third kappa shape index (κ3) is 2.80. The van der Waals surface area contributed by atoms with E-state index in [2.05, 4.69) is 5.32 Å². The van der Waals surface area contributed by atoms with Gasteiger partial charge in [-0.05, 0) is 56.2 Å². The number of ether oxygens (including phenoxy) is 1. The third-order valence-corrected chi connectivity index (χ3v) is 4.21. The maximum absolute atomic E-state index is 12.0. The number of primary amides is 1. The van der Waals surface area contributed by atoms with Crippen LogP contribution in [-0.4, -0.2) is 24.1 Å². The average molecular weight is 274 g/mol. The summed E-state index contributed by atoms with van der Waals surface area (Å²) in [6, 6.07) is 8.32. The van der Waals surface area contributed by atoms with Crippen molar-refractivity contribution in [3.8, 4) is 5.75 Å². The Morgan fingerprint density at radius 2 is 2.15 bits per heavy atom. The molecule has 0 spiro atoms. The Morgan fingerprint density at radius 1 is 1.40 bits per heavy atom. The number of nitrogens with two attached hydrogens (primary N) is 1. The average Bonchev–Trinajstić information content (AvgIpc) is 3.26. The first-order valence-electron chi connectivity index (χ1n) is 7.37. The first-order valence-corrected chi connectivity index (χ1v) is 7.37. The van der Waals surface area contributed by atoms with Gasteiger partial charge in [0.2, 0.25) is 5.91 Å². The molecule has 3 N–H and O–H groups in total. The van der Waals surface area contributed by atoms with Crippen LogP contribution in [0.5, 0.6) is 5.75 Å². The van der Waals surface area contributed by atoms with E-state index in [1.165, 1.54) is 0 Å². The van der Waals surface area contributed by atoms with Crippen LogP contribution in [0.15, 0.2) is 24.3 Å². The molecule has 4 nitrogen and oxygen atoms in total. The van der Waals surface area contributed by atoms with Gasteiger partial charge in [-0.1, -0.05) is 12.1 Å². The zero-order chi connectivity index (χ0) is 14.2. The molecule has 1 atom stereocenters. The molecular weight excluding hydrogens is 252 g/mol. The number of benzene rings is 1. The number of aryl methyl sites for hydroxylation is 1. The quantitative estimate of drug-likeness (QED) is 0.796. The summed E-state index contributed by atoms with van der Waals surface area (Å²) in [5.41, 5.74) is 6.16. The number of hydrogen-bond acceptors (Lipinski definition) is 3. The van der Waals surface area contributed by atoms with Gasteiger partial charge >= 0.3 is 0 Å². The second-order valence-electron chi connectivity index (χ2n) is 6.13. The number of hydrogen-bond donors (Lipinski definition) is 2. The molecule has 1 aromatic rings. The number of nitrogens with one attached hydrogen (secondary N) is 1. The minimum Gasteiger partial charge on any atom is -0.491 e. The van der Waals surface area contributed by atoms with Gasteiger partial charge in [0.25, 0.3) is 0 Å². The van der Waals surface area contributed by atoms with Crippen molar-refractivity contribution in [3.63, 3.8) is 0 Å². The number of amides is 1. The smallest absolute Gasteiger partial charge is 0.241 e. The van der Waals surface area contributed by atoms with E-state index < -0.39 is 5.54 Å². The maximum Gasteiger partial charge on any atom is 0.241 e. The van der Waals surface area contributed by atoms with E-state index in [1.54, 1.807) is 0 Å². The van der Waals surface area contributed by atoms with Crippen LogP contribution in [-0.2, 0) is 4.79 Å². The van der Waals surface area contributed by atoms with Gasteiger partial charge in [-0.2, -0.15) is 0 Å².